The molecule has 0 aliphatic carbocycles. The number of pyridine rings is 1. The van der Waals surface area contributed by atoms with Crippen LogP contribution in [0.2, 0.25) is 0 Å². The predicted molar refractivity (Wildman–Crippen MR) is 105 cm³/mol. The van der Waals surface area contributed by atoms with Gasteiger partial charge in [-0.25, -0.2) is 4.39 Å². The third-order valence-electron chi connectivity index (χ3n) is 4.56. The Kier molecular flexibility index (Phi) is 4.20. The van der Waals surface area contributed by atoms with Gasteiger partial charge in [0.15, 0.2) is 5.43 Å². The van der Waals surface area contributed by atoms with Gasteiger partial charge in [-0.3, -0.25) is 9.59 Å². The highest BCUT2D eigenvalue weighted by Crippen LogP contribution is 2.20. The molecule has 0 saturated carbocycles. The van der Waals surface area contributed by atoms with Gasteiger partial charge in [0.05, 0.1) is 11.0 Å². The molecule has 4 nitrogen and oxygen atoms in total. The van der Waals surface area contributed by atoms with Crippen molar-refractivity contribution < 1.29 is 9.18 Å². The first-order valence-corrected chi connectivity index (χ1v) is 8.60. The monoisotopic (exact) mass is 360 g/mol. The number of amides is 1. The summed E-state index contributed by atoms with van der Waals surface area (Å²) < 4.78 is 14.9. The number of halogens is 1. The van der Waals surface area contributed by atoms with Crippen molar-refractivity contribution in [1.82, 2.24) is 4.57 Å². The highest BCUT2D eigenvalue weighted by Gasteiger charge is 2.13. The van der Waals surface area contributed by atoms with Crippen LogP contribution in [0.25, 0.3) is 21.8 Å². The van der Waals surface area contributed by atoms with Crippen LogP contribution in [0, 0.1) is 12.7 Å². The lowest BCUT2D eigenvalue weighted by atomic mass is 10.1. The van der Waals surface area contributed by atoms with Crippen molar-refractivity contribution in [2.45, 2.75) is 13.5 Å². The summed E-state index contributed by atoms with van der Waals surface area (Å²) in [6.07, 6.45) is 0. The molecule has 3 aromatic carbocycles. The third-order valence-corrected chi connectivity index (χ3v) is 4.56. The summed E-state index contributed by atoms with van der Waals surface area (Å²) in [6, 6.07) is 18.5. The maximum atomic E-state index is 13.0. The molecule has 0 spiro atoms. The van der Waals surface area contributed by atoms with Crippen molar-refractivity contribution in [3.8, 4) is 0 Å². The summed E-state index contributed by atoms with van der Waals surface area (Å²) in [4.78, 5) is 25.5. The normalized spacial score (nSPS) is 11.0. The van der Waals surface area contributed by atoms with E-state index in [-0.39, 0.29) is 23.7 Å². The zero-order valence-corrected chi connectivity index (χ0v) is 14.7. The van der Waals surface area contributed by atoms with Crippen molar-refractivity contribution in [3.63, 3.8) is 0 Å². The molecule has 0 atom stereocenters. The van der Waals surface area contributed by atoms with Crippen LogP contribution in [-0.2, 0) is 11.3 Å². The van der Waals surface area contributed by atoms with E-state index in [1.54, 1.807) is 6.07 Å². The van der Waals surface area contributed by atoms with Crippen LogP contribution in [0.3, 0.4) is 0 Å². The molecule has 1 N–H and O–H groups in total. The minimum absolute atomic E-state index is 0.0394. The molecule has 0 saturated heterocycles. The van der Waals surface area contributed by atoms with E-state index < -0.39 is 0 Å². The molecule has 0 unspecified atom stereocenters. The van der Waals surface area contributed by atoms with E-state index in [4.69, 9.17) is 0 Å². The molecule has 1 amide bonds. The standard InChI is InChI=1S/C22H17FN2O2/c1-14-6-11-20-18(12-14)22(27)17-4-2-3-5-19(17)25(20)13-21(26)24-16-9-7-15(23)8-10-16/h2-12H,13H2,1H3,(H,24,26). The summed E-state index contributed by atoms with van der Waals surface area (Å²) >= 11 is 0. The van der Waals surface area contributed by atoms with Crippen molar-refractivity contribution in [1.29, 1.82) is 0 Å². The molecule has 4 rings (SSSR count). The molecule has 0 fully saturated rings. The quantitative estimate of drug-likeness (QED) is 0.556. The summed E-state index contributed by atoms with van der Waals surface area (Å²) in [7, 11) is 0. The molecule has 134 valence electrons. The molecule has 0 radical (unpaired) electrons. The van der Waals surface area contributed by atoms with E-state index in [0.717, 1.165) is 5.56 Å². The van der Waals surface area contributed by atoms with Gasteiger partial charge >= 0.3 is 0 Å². The van der Waals surface area contributed by atoms with Crippen LogP contribution in [0.15, 0.2) is 71.5 Å². The van der Waals surface area contributed by atoms with E-state index in [2.05, 4.69) is 5.32 Å². The van der Waals surface area contributed by atoms with Crippen LogP contribution >= 0.6 is 0 Å². The molecule has 0 aliphatic rings. The smallest absolute Gasteiger partial charge is 0.244 e. The Morgan fingerprint density at radius 1 is 0.963 bits per heavy atom. The zero-order valence-electron chi connectivity index (χ0n) is 14.7. The average Bonchev–Trinajstić information content (AvgIpc) is 2.67. The molecule has 0 aliphatic heterocycles. The number of aromatic nitrogens is 1. The fraction of sp³-hybridized carbons (Fsp3) is 0.0909. The van der Waals surface area contributed by atoms with Crippen molar-refractivity contribution in [2.24, 2.45) is 0 Å². The Morgan fingerprint density at radius 3 is 2.44 bits per heavy atom. The number of hydrogen-bond acceptors (Lipinski definition) is 2. The van der Waals surface area contributed by atoms with Gasteiger partial charge in [-0.1, -0.05) is 23.8 Å². The first kappa shape index (κ1) is 17.0. The van der Waals surface area contributed by atoms with Crippen molar-refractivity contribution >= 4 is 33.4 Å². The summed E-state index contributed by atoms with van der Waals surface area (Å²) in [5, 5.41) is 3.93. The lowest BCUT2D eigenvalue weighted by Gasteiger charge is -2.15. The molecule has 0 bridgehead atoms. The van der Waals surface area contributed by atoms with Gasteiger partial charge < -0.3 is 9.88 Å². The molecule has 4 aromatic rings. The molecular weight excluding hydrogens is 343 g/mol. The molecule has 1 aromatic heterocycles. The summed E-state index contributed by atoms with van der Waals surface area (Å²) in [6.45, 7) is 1.97. The Bertz CT molecular complexity index is 1230. The molecule has 27 heavy (non-hydrogen) atoms. The average molecular weight is 360 g/mol. The van der Waals surface area contributed by atoms with Gasteiger partial charge in [0.25, 0.3) is 0 Å². The number of para-hydroxylation sites is 1. The Hall–Kier alpha value is -3.47. The van der Waals surface area contributed by atoms with Gasteiger partial charge in [-0.2, -0.15) is 0 Å². The van der Waals surface area contributed by atoms with Gasteiger partial charge in [0.2, 0.25) is 5.91 Å². The van der Waals surface area contributed by atoms with E-state index in [0.29, 0.717) is 27.5 Å². The van der Waals surface area contributed by atoms with Gasteiger partial charge in [-0.15, -0.1) is 0 Å². The van der Waals surface area contributed by atoms with Gasteiger partial charge in [0, 0.05) is 16.5 Å². The third kappa shape index (κ3) is 3.19. The number of nitrogens with zero attached hydrogens (tertiary/aromatic N) is 1. The lowest BCUT2D eigenvalue weighted by Crippen LogP contribution is -2.21. The highest BCUT2D eigenvalue weighted by molar-refractivity contribution is 5.97. The Labute approximate surface area is 154 Å². The van der Waals surface area contributed by atoms with Crippen molar-refractivity contribution in [2.75, 3.05) is 5.32 Å². The fourth-order valence-electron chi connectivity index (χ4n) is 3.29. The minimum Gasteiger partial charge on any atom is -0.331 e. The number of carbonyl (C=O) groups is 1. The van der Waals surface area contributed by atoms with Crippen LogP contribution in [0.4, 0.5) is 10.1 Å². The first-order valence-electron chi connectivity index (χ1n) is 8.60. The SMILES string of the molecule is Cc1ccc2c(c1)c(=O)c1ccccc1n2CC(=O)Nc1ccc(F)cc1. The highest BCUT2D eigenvalue weighted by atomic mass is 19.1. The first-order chi connectivity index (χ1) is 13.0. The summed E-state index contributed by atoms with van der Waals surface area (Å²) in [5.74, 6) is -0.613. The predicted octanol–water partition coefficient (Wildman–Crippen LogP) is 4.24. The van der Waals surface area contributed by atoms with Crippen LogP contribution in [0.1, 0.15) is 5.56 Å². The zero-order chi connectivity index (χ0) is 19.0. The van der Waals surface area contributed by atoms with E-state index in [1.165, 1.54) is 24.3 Å². The molecule has 1 heterocycles. The number of nitrogens with one attached hydrogen (secondary N) is 1. The fourth-order valence-corrected chi connectivity index (χ4v) is 3.29. The summed E-state index contributed by atoms with van der Waals surface area (Å²) in [5.41, 5.74) is 2.87. The second-order valence-electron chi connectivity index (χ2n) is 6.51. The lowest BCUT2D eigenvalue weighted by molar-refractivity contribution is -0.116. The number of carbonyl (C=O) groups excluding carboxylic acids is 1. The maximum absolute atomic E-state index is 13.0. The second-order valence-corrected chi connectivity index (χ2v) is 6.51. The minimum atomic E-state index is -0.360. The second kappa shape index (κ2) is 6.68. The number of benzene rings is 3. The largest absolute Gasteiger partial charge is 0.331 e. The number of anilines is 1. The number of fused-ring (bicyclic) bond motifs is 2. The van der Waals surface area contributed by atoms with Crippen LogP contribution < -0.4 is 10.7 Å². The number of rotatable bonds is 3. The van der Waals surface area contributed by atoms with Crippen LogP contribution in [0.5, 0.6) is 0 Å². The van der Waals surface area contributed by atoms with E-state index in [1.807, 2.05) is 47.9 Å². The van der Waals surface area contributed by atoms with E-state index >= 15 is 0 Å². The number of hydrogen-bond donors (Lipinski definition) is 1. The van der Waals surface area contributed by atoms with Gasteiger partial charge in [-0.05, 0) is 55.5 Å². The number of aryl methyl sites for hydroxylation is 1. The molecular formula is C22H17FN2O2. The topological polar surface area (TPSA) is 51.1 Å². The Balaban J connectivity index is 1.81. The van der Waals surface area contributed by atoms with Crippen molar-refractivity contribution in [3.05, 3.63) is 88.3 Å². The maximum Gasteiger partial charge on any atom is 0.244 e. The van der Waals surface area contributed by atoms with E-state index in [9.17, 15) is 14.0 Å². The molecule has 5 heteroatoms. The Morgan fingerprint density at radius 2 is 1.67 bits per heavy atom. The van der Waals surface area contributed by atoms with Crippen LogP contribution in [-0.4, -0.2) is 10.5 Å². The van der Waals surface area contributed by atoms with Gasteiger partial charge in [0.1, 0.15) is 12.4 Å².